The quantitative estimate of drug-likeness (QED) is 0.731. The van der Waals surface area contributed by atoms with E-state index >= 15 is 0 Å². The third-order valence-corrected chi connectivity index (χ3v) is 2.33. The SMILES string of the molecule is CNCc1ccncc1C1CC1. The normalized spacial score (nSPS) is 16.4. The molecular formula is C10H14N2. The molecule has 0 radical (unpaired) electrons. The van der Waals surface area contributed by atoms with Crippen molar-refractivity contribution in [2.24, 2.45) is 0 Å². The number of nitrogens with one attached hydrogen (secondary N) is 1. The van der Waals surface area contributed by atoms with Gasteiger partial charge >= 0.3 is 0 Å². The molecule has 0 amide bonds. The molecule has 0 saturated heterocycles. The minimum absolute atomic E-state index is 0.807. The van der Waals surface area contributed by atoms with Crippen LogP contribution in [0, 0.1) is 0 Å². The second kappa shape index (κ2) is 3.23. The first kappa shape index (κ1) is 7.74. The molecule has 0 atom stereocenters. The third kappa shape index (κ3) is 1.48. The maximum atomic E-state index is 4.16. The van der Waals surface area contributed by atoms with E-state index in [2.05, 4.69) is 16.4 Å². The van der Waals surface area contributed by atoms with Gasteiger partial charge in [-0.2, -0.15) is 0 Å². The highest BCUT2D eigenvalue weighted by molar-refractivity contribution is 5.29. The van der Waals surface area contributed by atoms with Gasteiger partial charge in [-0.05, 0) is 43.0 Å². The van der Waals surface area contributed by atoms with Crippen molar-refractivity contribution in [1.82, 2.24) is 10.3 Å². The summed E-state index contributed by atoms with van der Waals surface area (Å²) >= 11 is 0. The standard InChI is InChI=1S/C10H14N2/c1-11-6-9-4-5-12-7-10(9)8-2-3-8/h4-5,7-8,11H,2-3,6H2,1H3. The lowest BCUT2D eigenvalue weighted by atomic mass is 10.1. The Morgan fingerprint density at radius 3 is 3.08 bits per heavy atom. The molecule has 1 aromatic heterocycles. The minimum atomic E-state index is 0.807. The molecule has 2 rings (SSSR count). The highest BCUT2D eigenvalue weighted by Crippen LogP contribution is 2.41. The van der Waals surface area contributed by atoms with Gasteiger partial charge in [0.05, 0.1) is 0 Å². The van der Waals surface area contributed by atoms with E-state index in [1.54, 1.807) is 0 Å². The van der Waals surface area contributed by atoms with Crippen LogP contribution in [0.15, 0.2) is 18.5 Å². The van der Waals surface area contributed by atoms with Crippen molar-refractivity contribution in [2.45, 2.75) is 25.3 Å². The largest absolute Gasteiger partial charge is 0.316 e. The number of nitrogens with zero attached hydrogens (tertiary/aromatic N) is 1. The van der Waals surface area contributed by atoms with Gasteiger partial charge in [-0.1, -0.05) is 0 Å². The molecule has 1 aromatic rings. The van der Waals surface area contributed by atoms with Crippen LogP contribution in [-0.4, -0.2) is 12.0 Å². The lowest BCUT2D eigenvalue weighted by molar-refractivity contribution is 0.801. The number of hydrogen-bond donors (Lipinski definition) is 1. The highest BCUT2D eigenvalue weighted by Gasteiger charge is 2.25. The summed E-state index contributed by atoms with van der Waals surface area (Å²) < 4.78 is 0. The molecule has 0 unspecified atom stereocenters. The molecule has 0 spiro atoms. The van der Waals surface area contributed by atoms with Crippen LogP contribution in [0.5, 0.6) is 0 Å². The second-order valence-electron chi connectivity index (χ2n) is 3.38. The lowest BCUT2D eigenvalue weighted by Gasteiger charge is -2.05. The number of pyridine rings is 1. The van der Waals surface area contributed by atoms with E-state index in [1.807, 2.05) is 19.4 Å². The molecule has 12 heavy (non-hydrogen) atoms. The molecule has 0 aliphatic heterocycles. The minimum Gasteiger partial charge on any atom is -0.316 e. The van der Waals surface area contributed by atoms with Crippen molar-refractivity contribution in [2.75, 3.05) is 7.05 Å². The molecule has 1 aliphatic rings. The van der Waals surface area contributed by atoms with E-state index < -0.39 is 0 Å². The number of aromatic nitrogens is 1. The second-order valence-corrected chi connectivity index (χ2v) is 3.38. The zero-order chi connectivity index (χ0) is 8.39. The molecule has 64 valence electrons. The zero-order valence-corrected chi connectivity index (χ0v) is 7.38. The van der Waals surface area contributed by atoms with Crippen LogP contribution in [-0.2, 0) is 6.54 Å². The summed E-state index contributed by atoms with van der Waals surface area (Å²) in [6, 6.07) is 2.12. The number of rotatable bonds is 3. The van der Waals surface area contributed by atoms with Crippen LogP contribution in [0.3, 0.4) is 0 Å². The predicted molar refractivity (Wildman–Crippen MR) is 49.0 cm³/mol. The van der Waals surface area contributed by atoms with E-state index in [1.165, 1.54) is 24.0 Å². The van der Waals surface area contributed by atoms with Gasteiger partial charge < -0.3 is 5.32 Å². The Labute approximate surface area is 73.0 Å². The summed E-state index contributed by atoms with van der Waals surface area (Å²) in [5, 5.41) is 3.18. The van der Waals surface area contributed by atoms with E-state index in [-0.39, 0.29) is 0 Å². The van der Waals surface area contributed by atoms with Crippen LogP contribution in [0.2, 0.25) is 0 Å². The average Bonchev–Trinajstić information content (AvgIpc) is 2.89. The van der Waals surface area contributed by atoms with Crippen LogP contribution in [0.1, 0.15) is 29.9 Å². The van der Waals surface area contributed by atoms with Gasteiger partial charge in [-0.3, -0.25) is 4.98 Å². The molecular weight excluding hydrogens is 148 g/mol. The monoisotopic (exact) mass is 162 g/mol. The fourth-order valence-corrected chi connectivity index (χ4v) is 1.55. The summed E-state index contributed by atoms with van der Waals surface area (Å²) in [6.45, 7) is 0.967. The molecule has 1 aliphatic carbocycles. The Hall–Kier alpha value is -0.890. The number of hydrogen-bond acceptors (Lipinski definition) is 2. The summed E-state index contributed by atoms with van der Waals surface area (Å²) in [5.74, 6) is 0.807. The Bertz CT molecular complexity index is 266. The smallest absolute Gasteiger partial charge is 0.0305 e. The Morgan fingerprint density at radius 2 is 2.42 bits per heavy atom. The fourth-order valence-electron chi connectivity index (χ4n) is 1.55. The van der Waals surface area contributed by atoms with Gasteiger partial charge in [0, 0.05) is 18.9 Å². The average molecular weight is 162 g/mol. The van der Waals surface area contributed by atoms with Crippen molar-refractivity contribution in [3.63, 3.8) is 0 Å². The molecule has 1 N–H and O–H groups in total. The summed E-state index contributed by atoms with van der Waals surface area (Å²) in [7, 11) is 1.98. The van der Waals surface area contributed by atoms with Crippen molar-refractivity contribution in [3.05, 3.63) is 29.6 Å². The van der Waals surface area contributed by atoms with Crippen molar-refractivity contribution < 1.29 is 0 Å². The predicted octanol–water partition coefficient (Wildman–Crippen LogP) is 1.68. The van der Waals surface area contributed by atoms with Crippen LogP contribution < -0.4 is 5.32 Å². The molecule has 0 bridgehead atoms. The molecule has 2 heteroatoms. The lowest BCUT2D eigenvalue weighted by Crippen LogP contribution is -2.07. The summed E-state index contributed by atoms with van der Waals surface area (Å²) in [4.78, 5) is 4.16. The third-order valence-electron chi connectivity index (χ3n) is 2.33. The van der Waals surface area contributed by atoms with Crippen molar-refractivity contribution >= 4 is 0 Å². The van der Waals surface area contributed by atoms with Crippen LogP contribution in [0.4, 0.5) is 0 Å². The first-order valence-electron chi connectivity index (χ1n) is 4.49. The van der Waals surface area contributed by atoms with Crippen molar-refractivity contribution in [3.8, 4) is 0 Å². The first-order chi connectivity index (χ1) is 5.92. The van der Waals surface area contributed by atoms with Gasteiger partial charge in [-0.15, -0.1) is 0 Å². The molecule has 1 saturated carbocycles. The van der Waals surface area contributed by atoms with Gasteiger partial charge in [0.1, 0.15) is 0 Å². The highest BCUT2D eigenvalue weighted by atomic mass is 14.8. The maximum Gasteiger partial charge on any atom is 0.0305 e. The fraction of sp³-hybridized carbons (Fsp3) is 0.500. The van der Waals surface area contributed by atoms with Gasteiger partial charge in [-0.25, -0.2) is 0 Å². The van der Waals surface area contributed by atoms with E-state index in [9.17, 15) is 0 Å². The van der Waals surface area contributed by atoms with Gasteiger partial charge in [0.2, 0.25) is 0 Å². The molecule has 1 heterocycles. The van der Waals surface area contributed by atoms with Gasteiger partial charge in [0.15, 0.2) is 0 Å². The van der Waals surface area contributed by atoms with Crippen LogP contribution >= 0.6 is 0 Å². The summed E-state index contributed by atoms with van der Waals surface area (Å²) in [6.07, 6.45) is 6.59. The summed E-state index contributed by atoms with van der Waals surface area (Å²) in [5.41, 5.74) is 2.86. The Kier molecular flexibility index (Phi) is 2.09. The Balaban J connectivity index is 2.24. The molecule has 1 fully saturated rings. The van der Waals surface area contributed by atoms with E-state index in [0.29, 0.717) is 0 Å². The first-order valence-corrected chi connectivity index (χ1v) is 4.49. The maximum absolute atomic E-state index is 4.16. The topological polar surface area (TPSA) is 24.9 Å². The zero-order valence-electron chi connectivity index (χ0n) is 7.38. The Morgan fingerprint density at radius 1 is 1.58 bits per heavy atom. The van der Waals surface area contributed by atoms with Crippen LogP contribution in [0.25, 0.3) is 0 Å². The van der Waals surface area contributed by atoms with E-state index in [0.717, 1.165) is 12.5 Å². The van der Waals surface area contributed by atoms with Crippen molar-refractivity contribution in [1.29, 1.82) is 0 Å². The van der Waals surface area contributed by atoms with E-state index in [4.69, 9.17) is 0 Å². The molecule has 2 nitrogen and oxygen atoms in total. The van der Waals surface area contributed by atoms with Gasteiger partial charge in [0.25, 0.3) is 0 Å². The molecule has 0 aromatic carbocycles.